The first-order chi connectivity index (χ1) is 19.6. The maximum absolute atomic E-state index is 14.1. The Kier molecular flexibility index (Phi) is 10.3. The molecule has 3 aromatic rings. The third-order valence-electron chi connectivity index (χ3n) is 7.37. The van der Waals surface area contributed by atoms with Crippen LogP contribution in [-0.2, 0) is 26.2 Å². The van der Waals surface area contributed by atoms with Gasteiger partial charge in [0, 0.05) is 22.6 Å². The van der Waals surface area contributed by atoms with Gasteiger partial charge in [-0.15, -0.1) is 0 Å². The molecule has 7 nitrogen and oxygen atoms in total. The molecule has 10 heteroatoms. The lowest BCUT2D eigenvalue weighted by Crippen LogP contribution is -2.53. The van der Waals surface area contributed by atoms with Crippen molar-refractivity contribution in [1.29, 1.82) is 0 Å². The van der Waals surface area contributed by atoms with Gasteiger partial charge in [0.2, 0.25) is 11.8 Å². The average molecular weight is 617 g/mol. The van der Waals surface area contributed by atoms with Crippen molar-refractivity contribution in [3.8, 4) is 0 Å². The lowest BCUT2D eigenvalue weighted by atomic mass is 9.95. The zero-order valence-electron chi connectivity index (χ0n) is 23.2. The summed E-state index contributed by atoms with van der Waals surface area (Å²) in [5.74, 6) is -0.827. The number of nitrogens with zero attached hydrogens (tertiary/aromatic N) is 2. The lowest BCUT2D eigenvalue weighted by Gasteiger charge is -2.33. The second kappa shape index (κ2) is 13.7. The van der Waals surface area contributed by atoms with Crippen molar-refractivity contribution in [2.45, 2.75) is 69.5 Å². The number of carbonyl (C=O) groups excluding carboxylic acids is 2. The predicted octanol–water partition coefficient (Wildman–Crippen LogP) is 6.36. The summed E-state index contributed by atoms with van der Waals surface area (Å²) in [6.07, 6.45) is 5.03. The topological polar surface area (TPSA) is 86.8 Å². The van der Waals surface area contributed by atoms with E-state index in [4.69, 9.17) is 23.2 Å². The summed E-state index contributed by atoms with van der Waals surface area (Å²) in [5.41, 5.74) is 1.79. The first-order valence-corrected chi connectivity index (χ1v) is 15.9. The van der Waals surface area contributed by atoms with E-state index in [1.165, 1.54) is 17.0 Å². The molecule has 1 N–H and O–H groups in total. The van der Waals surface area contributed by atoms with Crippen molar-refractivity contribution in [2.24, 2.45) is 0 Å². The molecule has 1 saturated carbocycles. The van der Waals surface area contributed by atoms with Gasteiger partial charge < -0.3 is 10.2 Å². The average Bonchev–Trinajstić information content (AvgIpc) is 2.96. The quantitative estimate of drug-likeness (QED) is 0.287. The van der Waals surface area contributed by atoms with E-state index < -0.39 is 28.5 Å². The van der Waals surface area contributed by atoms with E-state index >= 15 is 0 Å². The summed E-state index contributed by atoms with van der Waals surface area (Å²) in [7, 11) is -4.11. The SMILES string of the molecule is Cc1cccc(N(CC(=O)N(Cc2ccc(Cl)cc2Cl)C(C)C(=O)NC2CCCCC2)S(=O)(=O)c2ccccc2)c1. The zero-order chi connectivity index (χ0) is 29.6. The maximum Gasteiger partial charge on any atom is 0.264 e. The number of amides is 2. The van der Waals surface area contributed by atoms with Crippen molar-refractivity contribution >= 4 is 50.7 Å². The van der Waals surface area contributed by atoms with Crippen LogP contribution in [0.25, 0.3) is 0 Å². The highest BCUT2D eigenvalue weighted by atomic mass is 35.5. The van der Waals surface area contributed by atoms with E-state index in [1.807, 2.05) is 13.0 Å². The van der Waals surface area contributed by atoms with Crippen LogP contribution < -0.4 is 9.62 Å². The van der Waals surface area contributed by atoms with Crippen molar-refractivity contribution < 1.29 is 18.0 Å². The highest BCUT2D eigenvalue weighted by molar-refractivity contribution is 7.92. The number of nitrogens with one attached hydrogen (secondary N) is 1. The van der Waals surface area contributed by atoms with Crippen molar-refractivity contribution in [3.05, 3.63) is 94.0 Å². The van der Waals surface area contributed by atoms with Gasteiger partial charge in [-0.05, 0) is 74.2 Å². The Bertz CT molecular complexity index is 1480. The Balaban J connectivity index is 1.69. The number of carbonyl (C=O) groups is 2. The van der Waals surface area contributed by atoms with E-state index in [2.05, 4.69) is 5.32 Å². The maximum atomic E-state index is 14.1. The Morgan fingerprint density at radius 1 is 0.951 bits per heavy atom. The number of hydrogen-bond acceptors (Lipinski definition) is 4. The molecule has 4 rings (SSSR count). The normalized spacial score (nSPS) is 14.7. The van der Waals surface area contributed by atoms with Crippen LogP contribution >= 0.6 is 23.2 Å². The van der Waals surface area contributed by atoms with Crippen LogP contribution in [0.15, 0.2) is 77.7 Å². The van der Waals surface area contributed by atoms with E-state index in [0.29, 0.717) is 21.3 Å². The molecule has 0 aliphatic heterocycles. The van der Waals surface area contributed by atoms with Crippen LogP contribution in [0.5, 0.6) is 0 Å². The van der Waals surface area contributed by atoms with Crippen molar-refractivity contribution in [3.63, 3.8) is 0 Å². The fourth-order valence-electron chi connectivity index (χ4n) is 5.02. The number of halogens is 2. The molecule has 0 spiro atoms. The Labute approximate surface area is 252 Å². The van der Waals surface area contributed by atoms with Crippen LogP contribution in [0.2, 0.25) is 10.0 Å². The molecule has 2 amide bonds. The van der Waals surface area contributed by atoms with Crippen LogP contribution in [0, 0.1) is 6.92 Å². The van der Waals surface area contributed by atoms with Gasteiger partial charge in [-0.25, -0.2) is 8.42 Å². The Morgan fingerprint density at radius 2 is 1.66 bits per heavy atom. The number of anilines is 1. The molecule has 3 aromatic carbocycles. The van der Waals surface area contributed by atoms with Crippen LogP contribution in [-0.4, -0.2) is 43.8 Å². The highest BCUT2D eigenvalue weighted by Crippen LogP contribution is 2.27. The van der Waals surface area contributed by atoms with E-state index in [-0.39, 0.29) is 23.4 Å². The Morgan fingerprint density at radius 3 is 2.32 bits per heavy atom. The standard InChI is InChI=1S/C31H35Cl2N3O4S/c1-22-10-9-13-27(18-22)36(41(39,40)28-14-7-4-8-15-28)21-30(37)35(20-24-16-17-25(32)19-29(24)33)23(2)31(38)34-26-11-5-3-6-12-26/h4,7-10,13-19,23,26H,3,5-6,11-12,20-21H2,1-2H3,(H,34,38). The fourth-order valence-corrected chi connectivity index (χ4v) is 6.91. The number of benzene rings is 3. The molecule has 0 aromatic heterocycles. The second-order valence-electron chi connectivity index (χ2n) is 10.4. The molecule has 0 heterocycles. The van der Waals surface area contributed by atoms with Crippen molar-refractivity contribution in [2.75, 3.05) is 10.8 Å². The number of aryl methyl sites for hydroxylation is 1. The molecule has 1 aliphatic rings. The lowest BCUT2D eigenvalue weighted by molar-refractivity contribution is -0.139. The molecule has 0 radical (unpaired) electrons. The fraction of sp³-hybridized carbons (Fsp3) is 0.355. The van der Waals surface area contributed by atoms with Gasteiger partial charge in [-0.2, -0.15) is 0 Å². The molecule has 1 aliphatic carbocycles. The molecule has 0 saturated heterocycles. The molecule has 0 bridgehead atoms. The third-order valence-corrected chi connectivity index (χ3v) is 9.75. The zero-order valence-corrected chi connectivity index (χ0v) is 25.6. The first kappa shape index (κ1) is 30.9. The second-order valence-corrected chi connectivity index (χ2v) is 13.1. The molecule has 1 fully saturated rings. The molecule has 1 unspecified atom stereocenters. The summed E-state index contributed by atoms with van der Waals surface area (Å²) < 4.78 is 28.8. The molecule has 41 heavy (non-hydrogen) atoms. The minimum absolute atomic E-state index is 0.00112. The summed E-state index contributed by atoms with van der Waals surface area (Å²) in [5, 5.41) is 3.89. The number of hydrogen-bond donors (Lipinski definition) is 1. The molecular formula is C31H35Cl2N3O4S. The van der Waals surface area contributed by atoms with E-state index in [1.54, 1.807) is 61.5 Å². The van der Waals surface area contributed by atoms with Gasteiger partial charge in [0.25, 0.3) is 10.0 Å². The minimum atomic E-state index is -4.11. The smallest absolute Gasteiger partial charge is 0.264 e. The third kappa shape index (κ3) is 7.82. The van der Waals surface area contributed by atoms with E-state index in [9.17, 15) is 18.0 Å². The van der Waals surface area contributed by atoms with Crippen LogP contribution in [0.1, 0.15) is 50.2 Å². The summed E-state index contributed by atoms with van der Waals surface area (Å²) in [4.78, 5) is 28.9. The number of rotatable bonds is 10. The van der Waals surface area contributed by atoms with Crippen LogP contribution in [0.3, 0.4) is 0 Å². The predicted molar refractivity (Wildman–Crippen MR) is 164 cm³/mol. The van der Waals surface area contributed by atoms with Gasteiger partial charge in [0.15, 0.2) is 0 Å². The van der Waals surface area contributed by atoms with Gasteiger partial charge in [0.05, 0.1) is 10.6 Å². The molecule has 218 valence electrons. The summed E-state index contributed by atoms with van der Waals surface area (Å²) in [6, 6.07) is 19.1. The summed E-state index contributed by atoms with van der Waals surface area (Å²) in [6.45, 7) is 3.00. The first-order valence-electron chi connectivity index (χ1n) is 13.7. The molecule has 1 atom stereocenters. The van der Waals surface area contributed by atoms with Gasteiger partial charge in [-0.3, -0.25) is 13.9 Å². The largest absolute Gasteiger partial charge is 0.352 e. The van der Waals surface area contributed by atoms with Crippen molar-refractivity contribution in [1.82, 2.24) is 10.2 Å². The van der Waals surface area contributed by atoms with Gasteiger partial charge >= 0.3 is 0 Å². The minimum Gasteiger partial charge on any atom is -0.352 e. The van der Waals surface area contributed by atoms with Crippen LogP contribution in [0.4, 0.5) is 5.69 Å². The molecular weight excluding hydrogens is 581 g/mol. The Hall–Kier alpha value is -3.07. The van der Waals surface area contributed by atoms with Gasteiger partial charge in [-0.1, -0.05) is 78.9 Å². The van der Waals surface area contributed by atoms with E-state index in [0.717, 1.165) is 42.0 Å². The highest BCUT2D eigenvalue weighted by Gasteiger charge is 2.33. The monoisotopic (exact) mass is 615 g/mol. The summed E-state index contributed by atoms with van der Waals surface area (Å²) >= 11 is 12.6. The van der Waals surface area contributed by atoms with Gasteiger partial charge in [0.1, 0.15) is 12.6 Å². The number of sulfonamides is 1.